The van der Waals surface area contributed by atoms with Crippen molar-refractivity contribution < 1.29 is 5.11 Å². The Bertz CT molecular complexity index is 291. The second-order valence-corrected chi connectivity index (χ2v) is 7.16. The lowest BCUT2D eigenvalue weighted by molar-refractivity contribution is 0.0339. The minimum absolute atomic E-state index is 0.0146. The molecule has 1 aliphatic carbocycles. The minimum Gasteiger partial charge on any atom is -0.393 e. The molecule has 2 saturated heterocycles. The third-order valence-corrected chi connectivity index (χ3v) is 5.81. The average Bonchev–Trinajstić information content (AvgIpc) is 3.11. The van der Waals surface area contributed by atoms with E-state index in [0.29, 0.717) is 12.0 Å². The zero-order chi connectivity index (χ0) is 13.8. The Morgan fingerprint density at radius 1 is 0.800 bits per heavy atom. The molecule has 0 aromatic rings. The molecule has 0 bridgehead atoms. The van der Waals surface area contributed by atoms with Crippen molar-refractivity contribution in [1.82, 2.24) is 9.80 Å². The fourth-order valence-electron chi connectivity index (χ4n) is 4.70. The monoisotopic (exact) mass is 280 g/mol. The maximum absolute atomic E-state index is 10.2. The number of rotatable bonds is 5. The van der Waals surface area contributed by atoms with Crippen LogP contribution in [-0.2, 0) is 0 Å². The molecule has 0 aromatic heterocycles. The number of aliphatic hydroxyl groups is 1. The van der Waals surface area contributed by atoms with E-state index in [-0.39, 0.29) is 6.10 Å². The van der Waals surface area contributed by atoms with Gasteiger partial charge in [-0.3, -0.25) is 4.90 Å². The third-order valence-electron chi connectivity index (χ3n) is 5.81. The minimum atomic E-state index is -0.0146. The highest BCUT2D eigenvalue weighted by Crippen LogP contribution is 2.35. The molecule has 1 N–H and O–H groups in total. The first kappa shape index (κ1) is 14.8. The lowest BCUT2D eigenvalue weighted by Gasteiger charge is -2.40. The maximum atomic E-state index is 10.2. The molecule has 3 unspecified atom stereocenters. The summed E-state index contributed by atoms with van der Waals surface area (Å²) in [7, 11) is 0. The molecule has 3 rings (SSSR count). The van der Waals surface area contributed by atoms with Crippen LogP contribution in [0.25, 0.3) is 0 Å². The molecule has 0 amide bonds. The van der Waals surface area contributed by atoms with E-state index < -0.39 is 0 Å². The van der Waals surface area contributed by atoms with Gasteiger partial charge >= 0.3 is 0 Å². The molecule has 20 heavy (non-hydrogen) atoms. The van der Waals surface area contributed by atoms with Gasteiger partial charge in [-0.25, -0.2) is 0 Å². The van der Waals surface area contributed by atoms with Crippen molar-refractivity contribution in [3.05, 3.63) is 0 Å². The van der Waals surface area contributed by atoms with Crippen molar-refractivity contribution in [3.63, 3.8) is 0 Å². The van der Waals surface area contributed by atoms with Crippen molar-refractivity contribution in [1.29, 1.82) is 0 Å². The van der Waals surface area contributed by atoms with Crippen LogP contribution in [0.2, 0.25) is 0 Å². The molecule has 3 aliphatic rings. The quantitative estimate of drug-likeness (QED) is 0.838. The summed E-state index contributed by atoms with van der Waals surface area (Å²) in [5.74, 6) is 0.571. The van der Waals surface area contributed by atoms with Crippen LogP contribution in [0.15, 0.2) is 0 Å². The zero-order valence-electron chi connectivity index (χ0n) is 13.0. The van der Waals surface area contributed by atoms with Gasteiger partial charge in [-0.05, 0) is 77.7 Å². The Balaban J connectivity index is 1.47. The summed E-state index contributed by atoms with van der Waals surface area (Å²) in [6.07, 6.45) is 11.7. The van der Waals surface area contributed by atoms with E-state index in [4.69, 9.17) is 0 Å². The van der Waals surface area contributed by atoms with E-state index in [9.17, 15) is 5.11 Å². The first-order chi connectivity index (χ1) is 9.84. The maximum Gasteiger partial charge on any atom is 0.0583 e. The van der Waals surface area contributed by atoms with Gasteiger partial charge in [0, 0.05) is 12.0 Å². The van der Waals surface area contributed by atoms with E-state index in [2.05, 4.69) is 9.80 Å². The Hall–Kier alpha value is -0.120. The van der Waals surface area contributed by atoms with E-state index in [1.54, 1.807) is 0 Å². The van der Waals surface area contributed by atoms with Gasteiger partial charge in [-0.15, -0.1) is 0 Å². The van der Waals surface area contributed by atoms with Crippen LogP contribution in [0.4, 0.5) is 0 Å². The topological polar surface area (TPSA) is 26.7 Å². The predicted octanol–water partition coefficient (Wildman–Crippen LogP) is 2.49. The smallest absolute Gasteiger partial charge is 0.0583 e. The van der Waals surface area contributed by atoms with Gasteiger partial charge in [0.15, 0.2) is 0 Å². The number of hydrogen-bond donors (Lipinski definition) is 1. The van der Waals surface area contributed by atoms with Gasteiger partial charge in [-0.2, -0.15) is 0 Å². The summed E-state index contributed by atoms with van der Waals surface area (Å²) < 4.78 is 0. The molecule has 0 radical (unpaired) electrons. The summed E-state index contributed by atoms with van der Waals surface area (Å²) in [6.45, 7) is 6.46. The molecule has 2 aliphatic heterocycles. The normalized spacial score (nSPS) is 36.8. The number of aliphatic hydroxyl groups excluding tert-OH is 1. The highest BCUT2D eigenvalue weighted by Gasteiger charge is 2.36. The Morgan fingerprint density at radius 2 is 1.60 bits per heavy atom. The molecule has 3 nitrogen and oxygen atoms in total. The van der Waals surface area contributed by atoms with E-state index in [1.165, 1.54) is 84.1 Å². The summed E-state index contributed by atoms with van der Waals surface area (Å²) >= 11 is 0. The van der Waals surface area contributed by atoms with Gasteiger partial charge in [0.1, 0.15) is 0 Å². The first-order valence-electron chi connectivity index (χ1n) is 8.99. The van der Waals surface area contributed by atoms with Crippen molar-refractivity contribution >= 4 is 0 Å². The molecule has 3 heteroatoms. The molecule has 1 saturated carbocycles. The molecule has 0 spiro atoms. The van der Waals surface area contributed by atoms with E-state index in [0.717, 1.165) is 6.42 Å². The molecule has 116 valence electrons. The lowest BCUT2D eigenvalue weighted by Crippen LogP contribution is -2.47. The Labute approximate surface area is 124 Å². The molecule has 0 aromatic carbocycles. The van der Waals surface area contributed by atoms with Crippen LogP contribution in [0.1, 0.15) is 57.8 Å². The second-order valence-electron chi connectivity index (χ2n) is 7.16. The van der Waals surface area contributed by atoms with Crippen LogP contribution < -0.4 is 0 Å². The number of hydrogen-bond acceptors (Lipinski definition) is 3. The van der Waals surface area contributed by atoms with Crippen molar-refractivity contribution in [3.8, 4) is 0 Å². The Kier molecular flexibility index (Phi) is 5.36. The number of likely N-dealkylation sites (tertiary alicyclic amines) is 2. The zero-order valence-corrected chi connectivity index (χ0v) is 13.0. The van der Waals surface area contributed by atoms with Gasteiger partial charge in [0.2, 0.25) is 0 Å². The molecule has 3 atom stereocenters. The van der Waals surface area contributed by atoms with Crippen LogP contribution >= 0.6 is 0 Å². The molecular formula is C17H32N2O. The fraction of sp³-hybridized carbons (Fsp3) is 1.00. The first-order valence-corrected chi connectivity index (χ1v) is 8.99. The van der Waals surface area contributed by atoms with Crippen molar-refractivity contribution in [2.75, 3.05) is 32.7 Å². The largest absolute Gasteiger partial charge is 0.393 e. The number of piperidine rings is 1. The highest BCUT2D eigenvalue weighted by molar-refractivity contribution is 4.90. The van der Waals surface area contributed by atoms with Gasteiger partial charge in [-0.1, -0.05) is 12.8 Å². The van der Waals surface area contributed by atoms with Gasteiger partial charge in [0.05, 0.1) is 6.10 Å². The summed E-state index contributed by atoms with van der Waals surface area (Å²) in [5, 5.41) is 10.2. The number of nitrogens with zero attached hydrogens (tertiary/aromatic N) is 2. The summed E-state index contributed by atoms with van der Waals surface area (Å²) in [5.41, 5.74) is 0. The summed E-state index contributed by atoms with van der Waals surface area (Å²) in [4.78, 5) is 5.35. The third kappa shape index (κ3) is 3.55. The standard InChI is InChI=1S/C17H32N2O/c20-17-9-5-7-15(17)16-8-1-2-13-19(16)14-6-12-18-10-3-4-11-18/h15-17,20H,1-14H2. The van der Waals surface area contributed by atoms with Crippen molar-refractivity contribution in [2.45, 2.75) is 69.9 Å². The highest BCUT2D eigenvalue weighted by atomic mass is 16.3. The molecular weight excluding hydrogens is 248 g/mol. The van der Waals surface area contributed by atoms with E-state index >= 15 is 0 Å². The van der Waals surface area contributed by atoms with Crippen molar-refractivity contribution in [2.24, 2.45) is 5.92 Å². The van der Waals surface area contributed by atoms with Crippen LogP contribution in [-0.4, -0.2) is 59.8 Å². The van der Waals surface area contributed by atoms with Gasteiger partial charge in [0.25, 0.3) is 0 Å². The van der Waals surface area contributed by atoms with E-state index in [1.807, 2.05) is 0 Å². The molecule has 3 fully saturated rings. The van der Waals surface area contributed by atoms with Crippen LogP contribution in [0, 0.1) is 5.92 Å². The molecule has 2 heterocycles. The van der Waals surface area contributed by atoms with Crippen LogP contribution in [0.5, 0.6) is 0 Å². The Morgan fingerprint density at radius 3 is 2.35 bits per heavy atom. The SMILES string of the molecule is OC1CCCC1C1CCCCN1CCCN1CCCC1. The van der Waals surface area contributed by atoms with Gasteiger partial charge < -0.3 is 10.0 Å². The summed E-state index contributed by atoms with van der Waals surface area (Å²) in [6, 6.07) is 0.680. The van der Waals surface area contributed by atoms with Crippen LogP contribution in [0.3, 0.4) is 0 Å². The lowest BCUT2D eigenvalue weighted by atomic mass is 9.87. The fourth-order valence-corrected chi connectivity index (χ4v) is 4.70. The second kappa shape index (κ2) is 7.24. The average molecular weight is 280 g/mol. The predicted molar refractivity (Wildman–Crippen MR) is 82.9 cm³/mol.